The lowest BCUT2D eigenvalue weighted by molar-refractivity contribution is -0.142. The molecule has 0 rings (SSSR count). The molecular weight excluding hydrogens is 440 g/mol. The number of ether oxygens (including phenoxy) is 2. The van der Waals surface area contributed by atoms with Crippen LogP contribution in [0.25, 0.3) is 0 Å². The largest absolute Gasteiger partial charge is 0.481 e. The van der Waals surface area contributed by atoms with Crippen LogP contribution in [-0.4, -0.2) is 47.3 Å². The van der Waals surface area contributed by atoms with Gasteiger partial charge in [-0.15, -0.1) is 13.2 Å². The van der Waals surface area contributed by atoms with Crippen molar-refractivity contribution in [2.24, 2.45) is 5.92 Å². The van der Waals surface area contributed by atoms with Crippen molar-refractivity contribution in [3.05, 3.63) is 25.3 Å². The lowest BCUT2D eigenvalue weighted by Crippen LogP contribution is -2.08. The first-order chi connectivity index (χ1) is 15.6. The molecule has 2 N–H and O–H groups in total. The van der Waals surface area contributed by atoms with E-state index in [4.69, 9.17) is 24.5 Å². The number of carbonyl (C=O) groups is 4. The number of hydrogen-bond donors (Lipinski definition) is 2. The number of aliphatic carboxylic acids is 2. The number of esters is 2. The molecule has 0 aliphatic rings. The summed E-state index contributed by atoms with van der Waals surface area (Å²) in [6.45, 7) is 27.1. The van der Waals surface area contributed by atoms with Gasteiger partial charge in [-0.1, -0.05) is 59.6 Å². The molecular formula is C26H54O8. The number of carbonyl (C=O) groups excluding carboxylic acids is 2. The maximum Gasteiger partial charge on any atom is 0.302 e. The average molecular weight is 495 g/mol. The highest BCUT2D eigenvalue weighted by Gasteiger charge is 2.01. The van der Waals surface area contributed by atoms with E-state index in [0.29, 0.717) is 19.1 Å². The molecule has 0 aromatic heterocycles. The van der Waals surface area contributed by atoms with Gasteiger partial charge in [0.15, 0.2) is 0 Å². The monoisotopic (exact) mass is 494 g/mol. The molecule has 0 bridgehead atoms. The van der Waals surface area contributed by atoms with Gasteiger partial charge >= 0.3 is 11.9 Å². The molecule has 34 heavy (non-hydrogen) atoms. The topological polar surface area (TPSA) is 127 Å². The van der Waals surface area contributed by atoms with Gasteiger partial charge in [-0.2, -0.15) is 0 Å². The van der Waals surface area contributed by atoms with Crippen molar-refractivity contribution in [2.75, 3.05) is 13.2 Å². The van der Waals surface area contributed by atoms with Gasteiger partial charge in [0.2, 0.25) is 0 Å². The fraction of sp³-hybridized carbons (Fsp3) is 0.692. The van der Waals surface area contributed by atoms with E-state index in [-0.39, 0.29) is 11.9 Å². The highest BCUT2D eigenvalue weighted by Crippen LogP contribution is 2.04. The predicted octanol–water partition coefficient (Wildman–Crippen LogP) is 6.93. The van der Waals surface area contributed by atoms with E-state index in [1.54, 1.807) is 12.2 Å². The highest BCUT2D eigenvalue weighted by molar-refractivity contribution is 5.66. The minimum absolute atomic E-state index is 0.178. The maximum absolute atomic E-state index is 10.3. The zero-order chi connectivity index (χ0) is 29.0. The fourth-order valence-electron chi connectivity index (χ4n) is 1.08. The van der Waals surface area contributed by atoms with Crippen molar-refractivity contribution < 1.29 is 38.9 Å². The summed E-state index contributed by atoms with van der Waals surface area (Å²) in [5.74, 6) is -1.53. The molecule has 206 valence electrons. The van der Waals surface area contributed by atoms with Gasteiger partial charge in [-0.05, 0) is 32.6 Å². The van der Waals surface area contributed by atoms with E-state index < -0.39 is 11.9 Å². The average Bonchev–Trinajstić information content (AvgIpc) is 2.66. The molecule has 0 amide bonds. The van der Waals surface area contributed by atoms with E-state index >= 15 is 0 Å². The van der Waals surface area contributed by atoms with E-state index in [1.165, 1.54) is 20.3 Å². The smallest absolute Gasteiger partial charge is 0.302 e. The number of carboxylic acids is 2. The van der Waals surface area contributed by atoms with E-state index in [2.05, 4.69) is 45.6 Å². The third-order valence-electron chi connectivity index (χ3n) is 1.86. The Morgan fingerprint density at radius 1 is 0.765 bits per heavy atom. The number of rotatable bonds is 6. The Balaban J connectivity index is -0.0000000535. The van der Waals surface area contributed by atoms with Gasteiger partial charge in [0.1, 0.15) is 0 Å². The summed E-state index contributed by atoms with van der Waals surface area (Å²) in [6, 6.07) is 0. The van der Waals surface area contributed by atoms with Gasteiger partial charge in [-0.3, -0.25) is 19.2 Å². The molecule has 0 aliphatic heterocycles. The summed E-state index contributed by atoms with van der Waals surface area (Å²) in [5.41, 5.74) is 0. The van der Waals surface area contributed by atoms with Crippen LogP contribution in [0.15, 0.2) is 25.3 Å². The van der Waals surface area contributed by atoms with Crippen molar-refractivity contribution in [3.8, 4) is 0 Å². The van der Waals surface area contributed by atoms with Crippen LogP contribution in [0.2, 0.25) is 0 Å². The zero-order valence-electron chi connectivity index (χ0n) is 23.7. The maximum atomic E-state index is 10.3. The van der Waals surface area contributed by atoms with Crippen LogP contribution in [0.5, 0.6) is 0 Å². The normalized spacial score (nSPS) is 8.21. The number of carboxylic acid groups (broad SMARTS) is 2. The molecule has 0 fully saturated rings. The van der Waals surface area contributed by atoms with Crippen LogP contribution < -0.4 is 0 Å². The molecule has 0 radical (unpaired) electrons. The Bertz CT molecular complexity index is 420. The second-order valence-electron chi connectivity index (χ2n) is 6.60. The minimum atomic E-state index is -0.833. The van der Waals surface area contributed by atoms with Crippen molar-refractivity contribution in [1.82, 2.24) is 0 Å². The standard InChI is InChI=1S/C8H16O2.C5H10O2.C3H8.2C3H6.2C2H4O2/c1-4-5-7(2)6-10-8(3)9;1-3-4-7-5(2)6;3*1-3-2;2*1-2(3)4/h7H,4-6H2,1-3H3;3-4H2,1-2H3;3H2,1-2H3;2*3H,1H2,2H3;2*1H3,(H,3,4). The molecule has 0 spiro atoms. The summed E-state index contributed by atoms with van der Waals surface area (Å²) < 4.78 is 9.37. The lowest BCUT2D eigenvalue weighted by atomic mass is 10.1. The quantitative estimate of drug-likeness (QED) is 0.300. The summed E-state index contributed by atoms with van der Waals surface area (Å²) in [5, 5.41) is 14.8. The van der Waals surface area contributed by atoms with Gasteiger partial charge in [0.05, 0.1) is 13.2 Å². The summed E-state index contributed by atoms with van der Waals surface area (Å²) in [7, 11) is 0. The molecule has 0 saturated heterocycles. The van der Waals surface area contributed by atoms with E-state index in [9.17, 15) is 9.59 Å². The fourth-order valence-corrected chi connectivity index (χ4v) is 1.08. The first-order valence-electron chi connectivity index (χ1n) is 11.4. The molecule has 0 saturated carbocycles. The Kier molecular flexibility index (Phi) is 75.0. The Morgan fingerprint density at radius 3 is 1.18 bits per heavy atom. The Hall–Kier alpha value is -2.64. The van der Waals surface area contributed by atoms with E-state index in [0.717, 1.165) is 33.1 Å². The molecule has 0 heterocycles. The van der Waals surface area contributed by atoms with Crippen molar-refractivity contribution in [2.45, 2.75) is 102 Å². The highest BCUT2D eigenvalue weighted by atomic mass is 16.5. The summed E-state index contributed by atoms with van der Waals surface area (Å²) in [4.78, 5) is 38.3. The molecule has 1 unspecified atom stereocenters. The minimum Gasteiger partial charge on any atom is -0.481 e. The molecule has 0 aliphatic carbocycles. The van der Waals surface area contributed by atoms with Gasteiger partial charge in [0, 0.05) is 27.7 Å². The number of allylic oxidation sites excluding steroid dienone is 2. The molecule has 8 nitrogen and oxygen atoms in total. The van der Waals surface area contributed by atoms with Gasteiger partial charge < -0.3 is 19.7 Å². The van der Waals surface area contributed by atoms with Crippen LogP contribution in [-0.2, 0) is 28.7 Å². The number of hydrogen-bond acceptors (Lipinski definition) is 6. The van der Waals surface area contributed by atoms with Crippen molar-refractivity contribution in [1.29, 1.82) is 0 Å². The first kappa shape index (κ1) is 48.7. The molecule has 8 heteroatoms. The van der Waals surface area contributed by atoms with Crippen LogP contribution in [0.3, 0.4) is 0 Å². The van der Waals surface area contributed by atoms with Crippen LogP contribution >= 0.6 is 0 Å². The third kappa shape index (κ3) is 270. The first-order valence-corrected chi connectivity index (χ1v) is 11.4. The van der Waals surface area contributed by atoms with Gasteiger partial charge in [0.25, 0.3) is 11.9 Å². The van der Waals surface area contributed by atoms with Crippen molar-refractivity contribution in [3.63, 3.8) is 0 Å². The second kappa shape index (κ2) is 52.3. The van der Waals surface area contributed by atoms with Crippen molar-refractivity contribution >= 4 is 23.9 Å². The molecule has 0 aromatic carbocycles. The zero-order valence-corrected chi connectivity index (χ0v) is 23.7. The Labute approximate surface area is 209 Å². The van der Waals surface area contributed by atoms with E-state index in [1.807, 2.05) is 20.8 Å². The second-order valence-corrected chi connectivity index (χ2v) is 6.60. The molecule has 0 aromatic rings. The summed E-state index contributed by atoms with van der Waals surface area (Å²) in [6.07, 6.45) is 7.94. The third-order valence-corrected chi connectivity index (χ3v) is 1.86. The molecule has 1 atom stereocenters. The SMILES string of the molecule is C=CC.C=CC.CC(=O)O.CC(=O)O.CCC.CCCC(C)COC(C)=O.CCCOC(C)=O. The van der Waals surface area contributed by atoms with Crippen LogP contribution in [0.4, 0.5) is 0 Å². The summed E-state index contributed by atoms with van der Waals surface area (Å²) >= 11 is 0. The van der Waals surface area contributed by atoms with Crippen LogP contribution in [0, 0.1) is 5.92 Å². The predicted molar refractivity (Wildman–Crippen MR) is 142 cm³/mol. The lowest BCUT2D eigenvalue weighted by Gasteiger charge is -2.08. The Morgan fingerprint density at radius 2 is 1.03 bits per heavy atom. The van der Waals surface area contributed by atoms with Crippen LogP contribution in [0.1, 0.15) is 102 Å². The van der Waals surface area contributed by atoms with Gasteiger partial charge in [-0.25, -0.2) is 0 Å².